The van der Waals surface area contributed by atoms with E-state index in [1.165, 1.54) is 0 Å². The van der Waals surface area contributed by atoms with Crippen molar-refractivity contribution in [1.29, 1.82) is 0 Å². The van der Waals surface area contributed by atoms with Gasteiger partial charge in [0.15, 0.2) is 0 Å². The van der Waals surface area contributed by atoms with E-state index in [0.717, 1.165) is 12.0 Å². The van der Waals surface area contributed by atoms with Gasteiger partial charge in [0.2, 0.25) is 0 Å². The van der Waals surface area contributed by atoms with Crippen LogP contribution in [0.1, 0.15) is 12.5 Å². The SMILES string of the molecule is CC(Cl)Cc1ccncc1Cl. The van der Waals surface area contributed by atoms with Crippen LogP contribution in [0, 0.1) is 0 Å². The first-order chi connectivity index (χ1) is 5.20. The van der Waals surface area contributed by atoms with Gasteiger partial charge >= 0.3 is 0 Å². The second-order valence-corrected chi connectivity index (χ2v) is 3.60. The van der Waals surface area contributed by atoms with Crippen LogP contribution in [0.15, 0.2) is 18.5 Å². The second-order valence-electron chi connectivity index (χ2n) is 2.45. The minimum absolute atomic E-state index is 0.120. The second kappa shape index (κ2) is 3.93. The maximum absolute atomic E-state index is 5.85. The fraction of sp³-hybridized carbons (Fsp3) is 0.375. The Morgan fingerprint density at radius 1 is 1.64 bits per heavy atom. The number of rotatable bonds is 2. The summed E-state index contributed by atoms with van der Waals surface area (Å²) >= 11 is 11.7. The van der Waals surface area contributed by atoms with Crippen molar-refractivity contribution in [3.63, 3.8) is 0 Å². The summed E-state index contributed by atoms with van der Waals surface area (Å²) in [4.78, 5) is 3.88. The Balaban J connectivity index is 2.78. The van der Waals surface area contributed by atoms with Gasteiger partial charge in [0.1, 0.15) is 0 Å². The highest BCUT2D eigenvalue weighted by Gasteiger charge is 2.02. The number of aromatic nitrogens is 1. The highest BCUT2D eigenvalue weighted by molar-refractivity contribution is 6.31. The largest absolute Gasteiger partial charge is 0.263 e. The Morgan fingerprint density at radius 3 is 2.91 bits per heavy atom. The average molecular weight is 190 g/mol. The molecule has 1 aromatic rings. The van der Waals surface area contributed by atoms with Crippen LogP contribution in [0.5, 0.6) is 0 Å². The number of halogens is 2. The number of pyridine rings is 1. The van der Waals surface area contributed by atoms with E-state index in [1.807, 2.05) is 13.0 Å². The third kappa shape index (κ3) is 2.68. The normalized spacial score (nSPS) is 13.0. The highest BCUT2D eigenvalue weighted by atomic mass is 35.5. The van der Waals surface area contributed by atoms with Crippen molar-refractivity contribution in [2.75, 3.05) is 0 Å². The van der Waals surface area contributed by atoms with Gasteiger partial charge in [-0.25, -0.2) is 0 Å². The van der Waals surface area contributed by atoms with Gasteiger partial charge < -0.3 is 0 Å². The highest BCUT2D eigenvalue weighted by Crippen LogP contribution is 2.16. The lowest BCUT2D eigenvalue weighted by Crippen LogP contribution is -1.97. The molecule has 0 bridgehead atoms. The fourth-order valence-electron chi connectivity index (χ4n) is 0.873. The molecule has 0 spiro atoms. The van der Waals surface area contributed by atoms with Crippen LogP contribution in [0.4, 0.5) is 0 Å². The van der Waals surface area contributed by atoms with Crippen LogP contribution < -0.4 is 0 Å². The summed E-state index contributed by atoms with van der Waals surface area (Å²) < 4.78 is 0. The fourth-order valence-corrected chi connectivity index (χ4v) is 1.24. The van der Waals surface area contributed by atoms with E-state index in [9.17, 15) is 0 Å². The van der Waals surface area contributed by atoms with Crippen LogP contribution in [-0.2, 0) is 6.42 Å². The first kappa shape index (κ1) is 8.82. The summed E-state index contributed by atoms with van der Waals surface area (Å²) in [6, 6.07) is 1.89. The van der Waals surface area contributed by atoms with E-state index >= 15 is 0 Å². The molecular weight excluding hydrogens is 181 g/mol. The summed E-state index contributed by atoms with van der Waals surface area (Å²) in [7, 11) is 0. The van der Waals surface area contributed by atoms with Gasteiger partial charge in [-0.2, -0.15) is 0 Å². The minimum Gasteiger partial charge on any atom is -0.263 e. The maximum atomic E-state index is 5.85. The summed E-state index contributed by atoms with van der Waals surface area (Å²) in [5.41, 5.74) is 1.06. The maximum Gasteiger partial charge on any atom is 0.0621 e. The van der Waals surface area contributed by atoms with Crippen molar-refractivity contribution in [2.45, 2.75) is 18.7 Å². The Labute approximate surface area is 76.4 Å². The molecule has 0 amide bonds. The lowest BCUT2D eigenvalue weighted by molar-refractivity contribution is 0.928. The molecule has 60 valence electrons. The molecule has 0 saturated heterocycles. The molecule has 0 aliphatic carbocycles. The Bertz CT molecular complexity index is 235. The predicted molar refractivity (Wildman–Crippen MR) is 48.3 cm³/mol. The summed E-state index contributed by atoms with van der Waals surface area (Å²) in [6.45, 7) is 1.94. The summed E-state index contributed by atoms with van der Waals surface area (Å²) in [6.07, 6.45) is 4.15. The van der Waals surface area contributed by atoms with E-state index in [1.54, 1.807) is 12.4 Å². The third-order valence-electron chi connectivity index (χ3n) is 1.36. The lowest BCUT2D eigenvalue weighted by atomic mass is 10.1. The van der Waals surface area contributed by atoms with Crippen LogP contribution in [0.2, 0.25) is 5.02 Å². The van der Waals surface area contributed by atoms with E-state index in [0.29, 0.717) is 5.02 Å². The first-order valence-electron chi connectivity index (χ1n) is 3.42. The molecule has 11 heavy (non-hydrogen) atoms. The van der Waals surface area contributed by atoms with Crippen LogP contribution in [-0.4, -0.2) is 10.4 Å². The molecule has 0 aliphatic rings. The quantitative estimate of drug-likeness (QED) is 0.653. The molecule has 0 aliphatic heterocycles. The summed E-state index contributed by atoms with van der Waals surface area (Å²) in [5, 5.41) is 0.815. The topological polar surface area (TPSA) is 12.9 Å². The zero-order chi connectivity index (χ0) is 8.27. The van der Waals surface area contributed by atoms with Crippen molar-refractivity contribution in [2.24, 2.45) is 0 Å². The lowest BCUT2D eigenvalue weighted by Gasteiger charge is -2.03. The number of nitrogens with zero attached hydrogens (tertiary/aromatic N) is 1. The molecule has 0 N–H and O–H groups in total. The molecule has 1 atom stereocenters. The van der Waals surface area contributed by atoms with Crippen LogP contribution in [0.3, 0.4) is 0 Å². The molecule has 0 aromatic carbocycles. The zero-order valence-electron chi connectivity index (χ0n) is 6.22. The monoisotopic (exact) mass is 189 g/mol. The van der Waals surface area contributed by atoms with Gasteiger partial charge in [-0.05, 0) is 25.0 Å². The Kier molecular flexibility index (Phi) is 3.16. The minimum atomic E-state index is 0.120. The van der Waals surface area contributed by atoms with Crippen molar-refractivity contribution in [3.8, 4) is 0 Å². The average Bonchev–Trinajstić information content (AvgIpc) is 1.93. The van der Waals surface area contributed by atoms with Crippen molar-refractivity contribution >= 4 is 23.2 Å². The van der Waals surface area contributed by atoms with Crippen LogP contribution >= 0.6 is 23.2 Å². The summed E-state index contributed by atoms with van der Waals surface area (Å²) in [5.74, 6) is 0. The number of hydrogen-bond donors (Lipinski definition) is 0. The molecule has 0 saturated carbocycles. The molecule has 0 radical (unpaired) electrons. The van der Waals surface area contributed by atoms with E-state index in [-0.39, 0.29) is 5.38 Å². The number of hydrogen-bond acceptors (Lipinski definition) is 1. The molecule has 1 unspecified atom stereocenters. The van der Waals surface area contributed by atoms with Gasteiger partial charge in [-0.3, -0.25) is 4.98 Å². The van der Waals surface area contributed by atoms with Gasteiger partial charge in [0.05, 0.1) is 5.02 Å². The molecular formula is C8H9Cl2N. The third-order valence-corrected chi connectivity index (χ3v) is 1.85. The molecule has 1 nitrogen and oxygen atoms in total. The molecule has 1 heterocycles. The first-order valence-corrected chi connectivity index (χ1v) is 4.24. The van der Waals surface area contributed by atoms with Crippen molar-refractivity contribution in [3.05, 3.63) is 29.0 Å². The van der Waals surface area contributed by atoms with E-state index in [4.69, 9.17) is 23.2 Å². The van der Waals surface area contributed by atoms with Gasteiger partial charge in [0.25, 0.3) is 0 Å². The molecule has 1 rings (SSSR count). The van der Waals surface area contributed by atoms with Gasteiger partial charge in [0, 0.05) is 17.8 Å². The zero-order valence-corrected chi connectivity index (χ0v) is 7.73. The Hall–Kier alpha value is -0.270. The standard InChI is InChI=1S/C8H9Cl2N/c1-6(9)4-7-2-3-11-5-8(7)10/h2-3,5-6H,4H2,1H3. The van der Waals surface area contributed by atoms with Gasteiger partial charge in [-0.1, -0.05) is 11.6 Å². The smallest absolute Gasteiger partial charge is 0.0621 e. The Morgan fingerprint density at radius 2 is 2.36 bits per heavy atom. The van der Waals surface area contributed by atoms with Crippen molar-refractivity contribution < 1.29 is 0 Å². The molecule has 3 heteroatoms. The van der Waals surface area contributed by atoms with E-state index in [2.05, 4.69) is 4.98 Å². The van der Waals surface area contributed by atoms with Crippen molar-refractivity contribution in [1.82, 2.24) is 4.98 Å². The molecule has 1 aromatic heterocycles. The van der Waals surface area contributed by atoms with E-state index < -0.39 is 0 Å². The molecule has 0 fully saturated rings. The predicted octanol–water partition coefficient (Wildman–Crippen LogP) is 2.90. The number of alkyl halides is 1. The van der Waals surface area contributed by atoms with Gasteiger partial charge in [-0.15, -0.1) is 11.6 Å². The van der Waals surface area contributed by atoms with Crippen LogP contribution in [0.25, 0.3) is 0 Å².